The second kappa shape index (κ2) is 6.82. The van der Waals surface area contributed by atoms with E-state index in [1.54, 1.807) is 0 Å². The summed E-state index contributed by atoms with van der Waals surface area (Å²) in [6.45, 7) is 7.22. The van der Waals surface area contributed by atoms with Crippen LogP contribution in [-0.2, 0) is 4.79 Å². The number of carbonyl (C=O) groups is 1. The maximum Gasteiger partial charge on any atom is 0.226 e. The van der Waals surface area contributed by atoms with Crippen molar-refractivity contribution in [1.29, 1.82) is 0 Å². The van der Waals surface area contributed by atoms with E-state index in [-0.39, 0.29) is 12.0 Å². The van der Waals surface area contributed by atoms with Crippen molar-refractivity contribution in [3.8, 4) is 11.4 Å². The number of amides is 1. The van der Waals surface area contributed by atoms with E-state index in [0.717, 1.165) is 36.5 Å². The molecule has 0 saturated heterocycles. The Morgan fingerprint density at radius 1 is 1.27 bits per heavy atom. The van der Waals surface area contributed by atoms with Gasteiger partial charge in [-0.05, 0) is 50.7 Å². The highest BCUT2D eigenvalue weighted by Crippen LogP contribution is 2.41. The number of carbonyl (C=O) groups excluding carboxylic acids is 1. The Balaban J connectivity index is 1.38. The SMILES string of the molecule is Cc1cccc(-c2cn(C3CC(C(=O)N(CC(C)C)C4CC4)C3)nn2)n1. The van der Waals surface area contributed by atoms with Crippen LogP contribution in [0.15, 0.2) is 24.4 Å². The van der Waals surface area contributed by atoms with Crippen molar-refractivity contribution in [2.24, 2.45) is 11.8 Å². The summed E-state index contributed by atoms with van der Waals surface area (Å²) >= 11 is 0. The van der Waals surface area contributed by atoms with Gasteiger partial charge in [-0.2, -0.15) is 0 Å². The topological polar surface area (TPSA) is 63.9 Å². The second-order valence-electron chi connectivity index (χ2n) is 8.19. The van der Waals surface area contributed by atoms with Gasteiger partial charge < -0.3 is 4.90 Å². The van der Waals surface area contributed by atoms with Crippen molar-refractivity contribution in [2.75, 3.05) is 6.54 Å². The van der Waals surface area contributed by atoms with Gasteiger partial charge in [-0.25, -0.2) is 4.68 Å². The Bertz CT molecular complexity index is 789. The van der Waals surface area contributed by atoms with Crippen LogP contribution in [-0.4, -0.2) is 43.4 Å². The third-order valence-corrected chi connectivity index (χ3v) is 5.33. The minimum absolute atomic E-state index is 0.143. The normalized spacial score (nSPS) is 22.3. The van der Waals surface area contributed by atoms with Crippen LogP contribution in [0.4, 0.5) is 0 Å². The quantitative estimate of drug-likeness (QED) is 0.800. The molecule has 4 rings (SSSR count). The Morgan fingerprint density at radius 2 is 2.04 bits per heavy atom. The van der Waals surface area contributed by atoms with Crippen molar-refractivity contribution < 1.29 is 4.79 Å². The van der Waals surface area contributed by atoms with E-state index in [1.807, 2.05) is 36.0 Å². The van der Waals surface area contributed by atoms with Crippen LogP contribution in [0.25, 0.3) is 11.4 Å². The lowest BCUT2D eigenvalue weighted by molar-refractivity contribution is -0.141. The van der Waals surface area contributed by atoms with E-state index in [9.17, 15) is 4.79 Å². The molecule has 2 aromatic rings. The van der Waals surface area contributed by atoms with Crippen molar-refractivity contribution in [3.05, 3.63) is 30.1 Å². The number of nitrogens with zero attached hydrogens (tertiary/aromatic N) is 5. The summed E-state index contributed by atoms with van der Waals surface area (Å²) in [5, 5.41) is 8.55. The molecule has 138 valence electrons. The van der Waals surface area contributed by atoms with Crippen LogP contribution in [0.3, 0.4) is 0 Å². The molecule has 2 aliphatic rings. The molecule has 2 saturated carbocycles. The standard InChI is InChI=1S/C20H27N5O/c1-13(2)11-24(16-7-8-16)20(26)15-9-17(10-15)25-12-19(22-23-25)18-6-4-5-14(3)21-18/h4-6,12-13,15-17H,7-11H2,1-3H3. The number of rotatable bonds is 6. The predicted octanol–water partition coefficient (Wildman–Crippen LogP) is 3.25. The van der Waals surface area contributed by atoms with Crippen LogP contribution in [0.5, 0.6) is 0 Å². The largest absolute Gasteiger partial charge is 0.339 e. The molecule has 0 bridgehead atoms. The summed E-state index contributed by atoms with van der Waals surface area (Å²) < 4.78 is 1.91. The highest BCUT2D eigenvalue weighted by atomic mass is 16.2. The fraction of sp³-hybridized carbons (Fsp3) is 0.600. The Kier molecular flexibility index (Phi) is 4.51. The molecule has 2 fully saturated rings. The Morgan fingerprint density at radius 3 is 2.69 bits per heavy atom. The molecule has 2 heterocycles. The molecule has 2 aliphatic carbocycles. The zero-order valence-electron chi connectivity index (χ0n) is 15.8. The minimum Gasteiger partial charge on any atom is -0.339 e. The van der Waals surface area contributed by atoms with E-state index in [2.05, 4.69) is 34.0 Å². The third kappa shape index (κ3) is 3.50. The van der Waals surface area contributed by atoms with Gasteiger partial charge >= 0.3 is 0 Å². The minimum atomic E-state index is 0.143. The maximum absolute atomic E-state index is 12.9. The number of aryl methyl sites for hydroxylation is 1. The van der Waals surface area contributed by atoms with Crippen molar-refractivity contribution in [1.82, 2.24) is 24.9 Å². The molecule has 0 aliphatic heterocycles. The molecule has 6 nitrogen and oxygen atoms in total. The number of pyridine rings is 1. The third-order valence-electron chi connectivity index (χ3n) is 5.33. The second-order valence-corrected chi connectivity index (χ2v) is 8.19. The number of aromatic nitrogens is 4. The van der Waals surface area contributed by atoms with Gasteiger partial charge in [-0.3, -0.25) is 9.78 Å². The summed E-state index contributed by atoms with van der Waals surface area (Å²) in [4.78, 5) is 19.5. The zero-order chi connectivity index (χ0) is 18.3. The van der Waals surface area contributed by atoms with E-state index < -0.39 is 0 Å². The van der Waals surface area contributed by atoms with Gasteiger partial charge in [-0.15, -0.1) is 5.10 Å². The fourth-order valence-electron chi connectivity index (χ4n) is 3.70. The van der Waals surface area contributed by atoms with Crippen LogP contribution in [0.2, 0.25) is 0 Å². The van der Waals surface area contributed by atoms with Gasteiger partial charge in [0.2, 0.25) is 5.91 Å². The van der Waals surface area contributed by atoms with Crippen LogP contribution < -0.4 is 0 Å². The first-order chi connectivity index (χ1) is 12.5. The van der Waals surface area contributed by atoms with E-state index >= 15 is 0 Å². The summed E-state index contributed by atoms with van der Waals surface area (Å²) in [7, 11) is 0. The van der Waals surface area contributed by atoms with E-state index in [1.165, 1.54) is 12.8 Å². The van der Waals surface area contributed by atoms with E-state index in [0.29, 0.717) is 17.9 Å². The van der Waals surface area contributed by atoms with Gasteiger partial charge in [0.1, 0.15) is 5.69 Å². The molecule has 0 radical (unpaired) electrons. The van der Waals surface area contributed by atoms with E-state index in [4.69, 9.17) is 0 Å². The number of hydrogen-bond acceptors (Lipinski definition) is 4. The fourth-order valence-corrected chi connectivity index (χ4v) is 3.70. The molecule has 0 atom stereocenters. The lowest BCUT2D eigenvalue weighted by Gasteiger charge is -2.38. The van der Waals surface area contributed by atoms with Crippen LogP contribution >= 0.6 is 0 Å². The van der Waals surface area contributed by atoms with Crippen molar-refractivity contribution in [2.45, 2.75) is 58.5 Å². The first kappa shape index (κ1) is 17.2. The van der Waals surface area contributed by atoms with Gasteiger partial charge in [0.15, 0.2) is 0 Å². The smallest absolute Gasteiger partial charge is 0.226 e. The van der Waals surface area contributed by atoms with Gasteiger partial charge in [-0.1, -0.05) is 25.1 Å². The lowest BCUT2D eigenvalue weighted by atomic mass is 9.79. The molecule has 0 N–H and O–H groups in total. The lowest BCUT2D eigenvalue weighted by Crippen LogP contribution is -2.45. The van der Waals surface area contributed by atoms with Crippen molar-refractivity contribution >= 4 is 5.91 Å². The molecule has 2 aromatic heterocycles. The molecule has 1 amide bonds. The molecule has 26 heavy (non-hydrogen) atoms. The summed E-state index contributed by atoms with van der Waals surface area (Å²) in [6, 6.07) is 6.67. The zero-order valence-corrected chi connectivity index (χ0v) is 15.8. The van der Waals surface area contributed by atoms with Crippen LogP contribution in [0.1, 0.15) is 51.3 Å². The van der Waals surface area contributed by atoms with Gasteiger partial charge in [0.25, 0.3) is 0 Å². The van der Waals surface area contributed by atoms with Crippen LogP contribution in [0, 0.1) is 18.8 Å². The summed E-state index contributed by atoms with van der Waals surface area (Å²) in [5.74, 6) is 1.01. The highest BCUT2D eigenvalue weighted by molar-refractivity contribution is 5.80. The first-order valence-corrected chi connectivity index (χ1v) is 9.67. The molecule has 0 aromatic carbocycles. The molecular formula is C20H27N5O. The molecular weight excluding hydrogens is 326 g/mol. The highest BCUT2D eigenvalue weighted by Gasteiger charge is 2.42. The molecule has 0 unspecified atom stereocenters. The maximum atomic E-state index is 12.9. The Hall–Kier alpha value is -2.24. The average molecular weight is 353 g/mol. The van der Waals surface area contributed by atoms with Gasteiger partial charge in [0.05, 0.1) is 17.9 Å². The first-order valence-electron chi connectivity index (χ1n) is 9.67. The average Bonchev–Trinajstić information content (AvgIpc) is 3.28. The summed E-state index contributed by atoms with van der Waals surface area (Å²) in [6.07, 6.45) is 6.03. The monoisotopic (exact) mass is 353 g/mol. The van der Waals surface area contributed by atoms with Gasteiger partial charge in [0, 0.05) is 24.2 Å². The Labute approximate surface area is 154 Å². The number of hydrogen-bond donors (Lipinski definition) is 0. The predicted molar refractivity (Wildman–Crippen MR) is 99.3 cm³/mol. The molecule has 0 spiro atoms. The molecule has 6 heteroatoms. The van der Waals surface area contributed by atoms with Crippen molar-refractivity contribution in [3.63, 3.8) is 0 Å². The summed E-state index contributed by atoms with van der Waals surface area (Å²) in [5.41, 5.74) is 2.61.